The van der Waals surface area contributed by atoms with Crippen molar-refractivity contribution in [3.63, 3.8) is 0 Å². The molecule has 0 unspecified atom stereocenters. The number of hydrogen-bond donors (Lipinski definition) is 1. The topological polar surface area (TPSA) is 123 Å². The number of benzene rings is 5. The fourth-order valence-electron chi connectivity index (χ4n) is 12.8. The molecule has 84 heavy (non-hydrogen) atoms. The summed E-state index contributed by atoms with van der Waals surface area (Å²) in [5.41, 5.74) is 3.97. The van der Waals surface area contributed by atoms with Crippen molar-refractivity contribution >= 4 is 26.2 Å². The Morgan fingerprint density at radius 1 is 0.548 bits per heavy atom. The predicted octanol–water partition coefficient (Wildman–Crippen LogP) is 14.3. The van der Waals surface area contributed by atoms with Gasteiger partial charge in [-0.3, -0.25) is 14.5 Å². The van der Waals surface area contributed by atoms with Crippen molar-refractivity contribution in [2.45, 2.75) is 207 Å². The molecule has 5 aromatic rings. The number of esters is 2. The van der Waals surface area contributed by atoms with Gasteiger partial charge in [0.15, 0.2) is 0 Å². The number of hydrogen-bond acceptors (Lipinski definition) is 12. The summed E-state index contributed by atoms with van der Waals surface area (Å²) in [5, 5.41) is 3.30. The van der Waals surface area contributed by atoms with E-state index in [1.54, 1.807) is 0 Å². The van der Waals surface area contributed by atoms with Crippen LogP contribution in [0.15, 0.2) is 140 Å². The van der Waals surface area contributed by atoms with E-state index in [2.05, 4.69) is 169 Å². The third-order valence-corrected chi connectivity index (χ3v) is 18.3. The van der Waals surface area contributed by atoms with Crippen LogP contribution in [0.1, 0.15) is 159 Å². The summed E-state index contributed by atoms with van der Waals surface area (Å²) in [6.45, 7) is 31.5. The van der Waals surface area contributed by atoms with Crippen molar-refractivity contribution in [3.8, 4) is 11.1 Å². The van der Waals surface area contributed by atoms with Crippen molar-refractivity contribution in [2.24, 2.45) is 10.8 Å². The molecular weight excluding hydrogens is 1050 g/mol. The summed E-state index contributed by atoms with van der Waals surface area (Å²) in [6, 6.07) is 47.4. The summed E-state index contributed by atoms with van der Waals surface area (Å²) in [7, 11) is -0.534. The van der Waals surface area contributed by atoms with Gasteiger partial charge in [0.1, 0.15) is 23.3 Å². The van der Waals surface area contributed by atoms with Crippen LogP contribution in [0.5, 0.6) is 0 Å². The first kappa shape index (κ1) is 64.8. The van der Waals surface area contributed by atoms with E-state index in [1.807, 2.05) is 77.9 Å². The molecule has 14 heteroatoms. The van der Waals surface area contributed by atoms with Crippen LogP contribution in [-0.2, 0) is 65.9 Å². The normalized spacial score (nSPS) is 24.1. The van der Waals surface area contributed by atoms with Crippen molar-refractivity contribution in [2.75, 3.05) is 26.3 Å². The molecule has 0 spiro atoms. The molecule has 4 saturated heterocycles. The fourth-order valence-corrected chi connectivity index (χ4v) is 12.8. The van der Waals surface area contributed by atoms with Crippen molar-refractivity contribution < 1.29 is 48.6 Å². The lowest BCUT2D eigenvalue weighted by atomic mass is 9.62. The quantitative estimate of drug-likeness (QED) is 0.0589. The first-order valence-corrected chi connectivity index (χ1v) is 30.3. The van der Waals surface area contributed by atoms with Crippen LogP contribution in [0.3, 0.4) is 0 Å². The first-order chi connectivity index (χ1) is 39.1. The van der Waals surface area contributed by atoms with Crippen LogP contribution >= 0.6 is 0 Å². The number of nitrogens with one attached hydrogen (secondary N) is 1. The van der Waals surface area contributed by atoms with Crippen LogP contribution in [0.25, 0.3) is 11.1 Å². The molecule has 12 nitrogen and oxygen atoms in total. The summed E-state index contributed by atoms with van der Waals surface area (Å²) in [4.78, 5) is 30.2. The molecule has 5 aromatic carbocycles. The van der Waals surface area contributed by atoms with Crippen molar-refractivity contribution in [3.05, 3.63) is 167 Å². The molecule has 0 bridgehead atoms. The highest BCUT2D eigenvalue weighted by molar-refractivity contribution is 6.45. The first-order valence-electron chi connectivity index (χ1n) is 30.3. The Morgan fingerprint density at radius 2 is 0.929 bits per heavy atom. The fraction of sp³-hybridized carbons (Fsp3) is 0.543. The second kappa shape index (κ2) is 25.3. The highest BCUT2D eigenvalue weighted by Gasteiger charge is 2.66. The van der Waals surface area contributed by atoms with Gasteiger partial charge in [-0.05, 0) is 161 Å². The maximum atomic E-state index is 14.9. The third-order valence-electron chi connectivity index (χ3n) is 18.3. The van der Waals surface area contributed by atoms with Gasteiger partial charge in [0.05, 0.1) is 54.4 Å². The molecule has 5 aliphatic rings. The zero-order valence-corrected chi connectivity index (χ0v) is 52.1. The highest BCUT2D eigenvalue weighted by atomic mass is 16.7. The third kappa shape index (κ3) is 13.7. The van der Waals surface area contributed by atoms with Crippen LogP contribution < -0.4 is 5.32 Å². The summed E-state index contributed by atoms with van der Waals surface area (Å²) >= 11 is 0. The molecular formula is C70H98B2N2O10. The van der Waals surface area contributed by atoms with Gasteiger partial charge < -0.3 is 42.9 Å². The minimum atomic E-state index is -0.704. The summed E-state index contributed by atoms with van der Waals surface area (Å²) < 4.78 is 49.9. The van der Waals surface area contributed by atoms with Gasteiger partial charge in [0.2, 0.25) is 0 Å². The number of nitrogens with zero attached hydrogens (tertiary/aromatic N) is 1. The summed E-state index contributed by atoms with van der Waals surface area (Å²) in [6.07, 6.45) is 4.79. The van der Waals surface area contributed by atoms with Gasteiger partial charge in [-0.2, -0.15) is 0 Å². The molecule has 0 aromatic heterocycles. The van der Waals surface area contributed by atoms with E-state index in [-0.39, 0.29) is 57.7 Å². The molecule has 0 amide bonds. The molecule has 1 N–H and O–H groups in total. The largest absolute Gasteiger partial charge is 0.459 e. The van der Waals surface area contributed by atoms with E-state index in [1.165, 1.54) is 22.3 Å². The standard InChI is InChI=1S/C44H52BNO5.C25H40BNO5.CH4.H2/c1-40(2,3)49-39(47)38-43(31-48-29-32-19-10-8-11-20-32,27-18-28-45-50-41(4,5)42(6,7)51-45)30-46(38)44(33-21-12-9-13-22-33)36-25-16-14-23-34(36)35-24-15-17-26-37(35)44;1-22(2,3)30-21(28)20-25(17-27-20,18-29-16-19-12-9-8-10-13-19)14-11-15-26-31-23(4,5)24(6,7)32-26;;/h8-17,19-26,38H,18,27-31H2,1-7H3;8-10,12-13,20,27H,11,14-18H2,1-7H3;1H4;1H/t38-,43-;20-,25-;;/m11../s1. The molecule has 10 rings (SSSR count). The second-order valence-corrected chi connectivity index (χ2v) is 27.9. The summed E-state index contributed by atoms with van der Waals surface area (Å²) in [5.74, 6) is -0.424. The molecule has 4 atom stereocenters. The Kier molecular flexibility index (Phi) is 19.5. The van der Waals surface area contributed by atoms with Crippen molar-refractivity contribution in [1.82, 2.24) is 10.2 Å². The number of likely N-dealkylation sites (tertiary alicyclic amines) is 1. The minimum Gasteiger partial charge on any atom is -0.459 e. The minimum absolute atomic E-state index is 0. The van der Waals surface area contributed by atoms with Crippen molar-refractivity contribution in [1.29, 1.82) is 0 Å². The number of ether oxygens (including phenoxy) is 4. The van der Waals surface area contributed by atoms with Gasteiger partial charge in [-0.25, -0.2) is 0 Å². The Labute approximate surface area is 505 Å². The van der Waals surface area contributed by atoms with Crippen LogP contribution in [0.4, 0.5) is 0 Å². The van der Waals surface area contributed by atoms with Crippen LogP contribution in [0.2, 0.25) is 12.6 Å². The number of carbonyl (C=O) groups excluding carboxylic acids is 2. The average Bonchev–Trinajstić information content (AvgIpc) is 1.71. The van der Waals surface area contributed by atoms with Gasteiger partial charge in [-0.1, -0.05) is 160 Å². The maximum Gasteiger partial charge on any atom is 0.457 e. The lowest BCUT2D eigenvalue weighted by Crippen LogP contribution is -2.75. The number of carbonyl (C=O) groups is 2. The number of fused-ring (bicyclic) bond motifs is 3. The van der Waals surface area contributed by atoms with E-state index in [4.69, 9.17) is 37.6 Å². The molecule has 0 saturated carbocycles. The Hall–Kier alpha value is -5.15. The van der Waals surface area contributed by atoms with Gasteiger partial charge in [0.25, 0.3) is 0 Å². The van der Waals surface area contributed by atoms with E-state index in [0.717, 1.165) is 61.6 Å². The highest BCUT2D eigenvalue weighted by Crippen LogP contribution is 2.61. The molecule has 0 radical (unpaired) electrons. The lowest BCUT2D eigenvalue weighted by molar-refractivity contribution is -0.202. The zero-order valence-electron chi connectivity index (χ0n) is 52.1. The van der Waals surface area contributed by atoms with Gasteiger partial charge in [-0.15, -0.1) is 0 Å². The van der Waals surface area contributed by atoms with E-state index in [0.29, 0.717) is 33.0 Å². The monoisotopic (exact) mass is 1150 g/mol. The van der Waals surface area contributed by atoms with E-state index < -0.39 is 39.4 Å². The molecule has 454 valence electrons. The smallest absolute Gasteiger partial charge is 0.457 e. The Balaban J connectivity index is 0.000000264. The van der Waals surface area contributed by atoms with Gasteiger partial charge >= 0.3 is 26.2 Å². The maximum absolute atomic E-state index is 14.9. The molecule has 4 aliphatic heterocycles. The Morgan fingerprint density at radius 3 is 1.35 bits per heavy atom. The van der Waals surface area contributed by atoms with Crippen LogP contribution in [0, 0.1) is 10.8 Å². The molecule has 4 heterocycles. The average molecular weight is 1150 g/mol. The van der Waals surface area contributed by atoms with E-state index in [9.17, 15) is 9.59 Å². The second-order valence-electron chi connectivity index (χ2n) is 27.9. The molecule has 1 aliphatic carbocycles. The predicted molar refractivity (Wildman–Crippen MR) is 338 cm³/mol. The zero-order chi connectivity index (χ0) is 59.7. The van der Waals surface area contributed by atoms with Crippen LogP contribution in [-0.4, -0.2) is 103 Å². The number of rotatable bonds is 20. The Bertz CT molecular complexity index is 2930. The lowest BCUT2D eigenvalue weighted by Gasteiger charge is -2.62. The SMILES string of the molecule is C.CC(C)(C)OC(=O)[C@H]1N(C2(c3ccccc3)c3ccccc3-c3ccccc32)C[C@]1(CCCB1OC(C)(C)C(C)(C)O1)COCc1ccccc1.CC(C)(C)OC(=O)[C@H]1NC[C@]1(CCCB1OC(C)(C)C(C)(C)O1)COCc1ccccc1.[HH]. The van der Waals surface area contributed by atoms with Gasteiger partial charge in [0, 0.05) is 25.3 Å². The van der Waals surface area contributed by atoms with E-state index >= 15 is 0 Å². The molecule has 4 fully saturated rings.